The molecule has 4 nitrogen and oxygen atoms in total. The Morgan fingerprint density at radius 1 is 1.53 bits per heavy atom. The van der Waals surface area contributed by atoms with Crippen molar-refractivity contribution in [1.82, 2.24) is 5.32 Å². The van der Waals surface area contributed by atoms with Gasteiger partial charge in [0.15, 0.2) is 0 Å². The third-order valence-electron chi connectivity index (χ3n) is 2.80. The van der Waals surface area contributed by atoms with Gasteiger partial charge in [0.1, 0.15) is 0 Å². The number of anilines is 1. The van der Waals surface area contributed by atoms with Crippen LogP contribution in [0.3, 0.4) is 0 Å². The second-order valence-corrected chi connectivity index (χ2v) is 4.36. The largest absolute Gasteiger partial charge is 0.398 e. The van der Waals surface area contributed by atoms with Gasteiger partial charge in [0.25, 0.3) is 5.91 Å². The average molecular weight is 236 g/mol. The lowest BCUT2D eigenvalue weighted by atomic mass is 10.1. The Labute approximate surface area is 102 Å². The van der Waals surface area contributed by atoms with Crippen molar-refractivity contribution < 1.29 is 9.90 Å². The molecule has 0 aromatic heterocycles. The minimum atomic E-state index is -0.156. The van der Waals surface area contributed by atoms with Crippen molar-refractivity contribution in [3.63, 3.8) is 0 Å². The lowest BCUT2D eigenvalue weighted by molar-refractivity contribution is 0.0946. The Bertz CT molecular complexity index is 391. The number of aryl methyl sites for hydroxylation is 1. The van der Waals surface area contributed by atoms with Crippen LogP contribution in [0.4, 0.5) is 5.69 Å². The maximum Gasteiger partial charge on any atom is 0.253 e. The van der Waals surface area contributed by atoms with Crippen LogP contribution < -0.4 is 11.1 Å². The number of aliphatic hydroxyl groups excluding tert-OH is 1. The van der Waals surface area contributed by atoms with Crippen LogP contribution in [0, 0.1) is 12.8 Å². The first-order chi connectivity index (χ1) is 8.06. The maximum atomic E-state index is 11.9. The third-order valence-corrected chi connectivity index (χ3v) is 2.80. The summed E-state index contributed by atoms with van der Waals surface area (Å²) >= 11 is 0. The molecule has 1 unspecified atom stereocenters. The van der Waals surface area contributed by atoms with Crippen LogP contribution in [0.2, 0.25) is 0 Å². The summed E-state index contributed by atoms with van der Waals surface area (Å²) in [6, 6.07) is 5.41. The first kappa shape index (κ1) is 13.5. The molecular weight excluding hydrogens is 216 g/mol. The van der Waals surface area contributed by atoms with Crippen LogP contribution in [-0.4, -0.2) is 24.2 Å². The number of benzene rings is 1. The fraction of sp³-hybridized carbons (Fsp3) is 0.462. The molecule has 1 atom stereocenters. The summed E-state index contributed by atoms with van der Waals surface area (Å²) in [7, 11) is 0. The Balaban J connectivity index is 2.61. The van der Waals surface area contributed by atoms with E-state index in [0.29, 0.717) is 24.2 Å². The SMILES string of the molecule is Cc1cccc(C(=O)NCC(C)CCO)c1N. The predicted octanol–water partition coefficient (Wildman–Crippen LogP) is 1.33. The first-order valence-corrected chi connectivity index (χ1v) is 5.80. The molecule has 0 radical (unpaired) electrons. The van der Waals surface area contributed by atoms with E-state index in [1.165, 1.54) is 0 Å². The molecule has 0 heterocycles. The summed E-state index contributed by atoms with van der Waals surface area (Å²) in [5, 5.41) is 11.6. The molecule has 1 aromatic rings. The summed E-state index contributed by atoms with van der Waals surface area (Å²) < 4.78 is 0. The summed E-state index contributed by atoms with van der Waals surface area (Å²) in [4.78, 5) is 11.9. The van der Waals surface area contributed by atoms with Gasteiger partial charge in [0, 0.05) is 18.8 Å². The normalized spacial score (nSPS) is 12.2. The molecule has 0 saturated carbocycles. The van der Waals surface area contributed by atoms with Gasteiger partial charge < -0.3 is 16.2 Å². The van der Waals surface area contributed by atoms with Gasteiger partial charge >= 0.3 is 0 Å². The number of nitrogens with one attached hydrogen (secondary N) is 1. The molecule has 4 N–H and O–H groups in total. The molecule has 0 fully saturated rings. The molecule has 0 spiro atoms. The molecule has 1 aromatic carbocycles. The predicted molar refractivity (Wildman–Crippen MR) is 68.8 cm³/mol. The Morgan fingerprint density at radius 2 is 2.24 bits per heavy atom. The van der Waals surface area contributed by atoms with Gasteiger partial charge in [-0.15, -0.1) is 0 Å². The molecule has 4 heteroatoms. The molecule has 0 saturated heterocycles. The van der Waals surface area contributed by atoms with Gasteiger partial charge in [-0.3, -0.25) is 4.79 Å². The zero-order valence-corrected chi connectivity index (χ0v) is 10.4. The van der Waals surface area contributed by atoms with Crippen LogP contribution in [-0.2, 0) is 0 Å². The average Bonchev–Trinajstić information content (AvgIpc) is 2.30. The third kappa shape index (κ3) is 3.75. The van der Waals surface area contributed by atoms with Gasteiger partial charge in [0.2, 0.25) is 0 Å². The van der Waals surface area contributed by atoms with E-state index in [1.807, 2.05) is 26.0 Å². The van der Waals surface area contributed by atoms with Crippen molar-refractivity contribution in [2.45, 2.75) is 20.3 Å². The number of rotatable bonds is 5. The second-order valence-electron chi connectivity index (χ2n) is 4.36. The van der Waals surface area contributed by atoms with Crippen molar-refractivity contribution in [1.29, 1.82) is 0 Å². The van der Waals surface area contributed by atoms with Crippen molar-refractivity contribution >= 4 is 11.6 Å². The zero-order chi connectivity index (χ0) is 12.8. The van der Waals surface area contributed by atoms with E-state index in [4.69, 9.17) is 10.8 Å². The highest BCUT2D eigenvalue weighted by atomic mass is 16.3. The van der Waals surface area contributed by atoms with Crippen LogP contribution in [0.25, 0.3) is 0 Å². The number of amides is 1. The van der Waals surface area contributed by atoms with E-state index >= 15 is 0 Å². The van der Waals surface area contributed by atoms with Gasteiger partial charge in [-0.05, 0) is 30.9 Å². The molecule has 1 rings (SSSR count). The first-order valence-electron chi connectivity index (χ1n) is 5.80. The fourth-order valence-corrected chi connectivity index (χ4v) is 1.56. The Hall–Kier alpha value is -1.55. The monoisotopic (exact) mass is 236 g/mol. The quantitative estimate of drug-likeness (QED) is 0.675. The second kappa shape index (κ2) is 6.25. The summed E-state index contributed by atoms with van der Waals surface area (Å²) in [5.41, 5.74) is 7.79. The van der Waals surface area contributed by atoms with Crippen molar-refractivity contribution in [2.75, 3.05) is 18.9 Å². The van der Waals surface area contributed by atoms with Crippen molar-refractivity contribution in [3.05, 3.63) is 29.3 Å². The Kier molecular flexibility index (Phi) is 4.97. The molecule has 0 aliphatic rings. The van der Waals surface area contributed by atoms with Gasteiger partial charge in [-0.2, -0.15) is 0 Å². The highest BCUT2D eigenvalue weighted by molar-refractivity contribution is 5.99. The lowest BCUT2D eigenvalue weighted by Crippen LogP contribution is -2.29. The van der Waals surface area contributed by atoms with E-state index in [2.05, 4.69) is 5.32 Å². The van der Waals surface area contributed by atoms with E-state index in [9.17, 15) is 4.79 Å². The highest BCUT2D eigenvalue weighted by Gasteiger charge is 2.11. The molecule has 1 amide bonds. The smallest absolute Gasteiger partial charge is 0.253 e. The van der Waals surface area contributed by atoms with Gasteiger partial charge in [0.05, 0.1) is 5.56 Å². The van der Waals surface area contributed by atoms with Crippen molar-refractivity contribution in [3.8, 4) is 0 Å². The molecule has 0 aliphatic heterocycles. The molecule has 0 aliphatic carbocycles. The summed E-state index contributed by atoms with van der Waals surface area (Å²) in [6.45, 7) is 4.55. The topological polar surface area (TPSA) is 75.3 Å². The zero-order valence-electron chi connectivity index (χ0n) is 10.4. The lowest BCUT2D eigenvalue weighted by Gasteiger charge is -2.12. The number of carbonyl (C=O) groups excluding carboxylic acids is 1. The van der Waals surface area contributed by atoms with Crippen LogP contribution >= 0.6 is 0 Å². The number of hydrogen-bond acceptors (Lipinski definition) is 3. The number of para-hydroxylation sites is 1. The number of hydrogen-bond donors (Lipinski definition) is 3. The van der Waals surface area contributed by atoms with Crippen LogP contribution in [0.15, 0.2) is 18.2 Å². The molecular formula is C13H20N2O2. The number of aliphatic hydroxyl groups is 1. The van der Waals surface area contributed by atoms with Crippen LogP contribution in [0.5, 0.6) is 0 Å². The fourth-order valence-electron chi connectivity index (χ4n) is 1.56. The molecule has 17 heavy (non-hydrogen) atoms. The summed E-state index contributed by atoms with van der Waals surface area (Å²) in [5.74, 6) is 0.103. The number of carbonyl (C=O) groups is 1. The summed E-state index contributed by atoms with van der Waals surface area (Å²) in [6.07, 6.45) is 0.684. The standard InChI is InChI=1S/C13H20N2O2/c1-9(6-7-16)8-15-13(17)11-5-3-4-10(2)12(11)14/h3-5,9,16H,6-8,14H2,1-2H3,(H,15,17). The molecule has 94 valence electrons. The van der Waals surface area contributed by atoms with Crippen molar-refractivity contribution in [2.24, 2.45) is 5.92 Å². The van der Waals surface area contributed by atoms with E-state index in [-0.39, 0.29) is 18.4 Å². The van der Waals surface area contributed by atoms with E-state index < -0.39 is 0 Å². The minimum Gasteiger partial charge on any atom is -0.398 e. The molecule has 0 bridgehead atoms. The van der Waals surface area contributed by atoms with Gasteiger partial charge in [-0.25, -0.2) is 0 Å². The van der Waals surface area contributed by atoms with E-state index in [1.54, 1.807) is 6.07 Å². The van der Waals surface area contributed by atoms with Crippen LogP contribution in [0.1, 0.15) is 29.3 Å². The minimum absolute atomic E-state index is 0.142. The Morgan fingerprint density at radius 3 is 2.88 bits per heavy atom. The van der Waals surface area contributed by atoms with E-state index in [0.717, 1.165) is 5.56 Å². The van der Waals surface area contributed by atoms with Gasteiger partial charge in [-0.1, -0.05) is 19.1 Å². The number of nitrogens with two attached hydrogens (primary N) is 1. The maximum absolute atomic E-state index is 11.9. The number of nitrogen functional groups attached to an aromatic ring is 1. The highest BCUT2D eigenvalue weighted by Crippen LogP contribution is 2.16.